The van der Waals surface area contributed by atoms with Crippen LogP contribution in [0.25, 0.3) is 0 Å². The molecular formula is C19H14F3N5O3S2. The van der Waals surface area contributed by atoms with Gasteiger partial charge in [-0.05, 0) is 54.9 Å². The van der Waals surface area contributed by atoms with Gasteiger partial charge in [0, 0.05) is 11.4 Å². The fourth-order valence-electron chi connectivity index (χ4n) is 3.83. The van der Waals surface area contributed by atoms with E-state index in [1.54, 1.807) is 17.0 Å². The van der Waals surface area contributed by atoms with Gasteiger partial charge in [0.25, 0.3) is 5.91 Å². The smallest absolute Gasteiger partial charge is 0.305 e. The zero-order chi connectivity index (χ0) is 23.4. The number of sulfonamides is 1. The van der Waals surface area contributed by atoms with Crippen molar-refractivity contribution in [3.05, 3.63) is 47.3 Å². The van der Waals surface area contributed by atoms with Crippen molar-refractivity contribution in [2.24, 2.45) is 0 Å². The number of aryl methyl sites for hydroxylation is 1. The minimum Gasteiger partial charge on any atom is -0.305 e. The summed E-state index contributed by atoms with van der Waals surface area (Å²) in [5.41, 5.74) is -0.580. The van der Waals surface area contributed by atoms with Crippen LogP contribution in [-0.2, 0) is 27.4 Å². The standard InChI is InChI=1S/C19H14F3N5O3S2/c1-32(29,30)25-11-3-5-15-10(6-11)2-4-16-17(28)26(18(31)27(15)16)12-7-13(19(20,21)22)14(8-23)24-9-12/h3,5-7,9,16,25H,2,4H2,1H3. The highest BCUT2D eigenvalue weighted by Crippen LogP contribution is 2.40. The third kappa shape index (κ3) is 3.76. The molecule has 1 unspecified atom stereocenters. The highest BCUT2D eigenvalue weighted by atomic mass is 32.2. The molecule has 1 N–H and O–H groups in total. The molecule has 8 nitrogen and oxygen atoms in total. The molecule has 0 radical (unpaired) electrons. The molecule has 166 valence electrons. The van der Waals surface area contributed by atoms with Crippen molar-refractivity contribution in [1.29, 1.82) is 5.26 Å². The predicted molar refractivity (Wildman–Crippen MR) is 114 cm³/mol. The molecule has 0 saturated carbocycles. The van der Waals surface area contributed by atoms with Crippen molar-refractivity contribution in [1.82, 2.24) is 4.98 Å². The summed E-state index contributed by atoms with van der Waals surface area (Å²) in [7, 11) is -3.48. The molecule has 2 aliphatic rings. The zero-order valence-corrected chi connectivity index (χ0v) is 18.0. The first-order valence-corrected chi connectivity index (χ1v) is 11.5. The summed E-state index contributed by atoms with van der Waals surface area (Å²) in [5.74, 6) is -0.501. The largest absolute Gasteiger partial charge is 0.419 e. The minimum absolute atomic E-state index is 0.0237. The van der Waals surface area contributed by atoms with Crippen LogP contribution >= 0.6 is 12.2 Å². The van der Waals surface area contributed by atoms with Gasteiger partial charge in [0.05, 0.1) is 23.7 Å². The number of hydrogen-bond donors (Lipinski definition) is 1. The summed E-state index contributed by atoms with van der Waals surface area (Å²) in [6.45, 7) is 0. The highest BCUT2D eigenvalue weighted by Gasteiger charge is 2.47. The number of anilines is 3. The first-order valence-electron chi connectivity index (χ1n) is 9.16. The van der Waals surface area contributed by atoms with Crippen LogP contribution in [-0.4, -0.2) is 36.7 Å². The first kappa shape index (κ1) is 22.0. The molecule has 0 aliphatic carbocycles. The van der Waals surface area contributed by atoms with E-state index in [9.17, 15) is 26.4 Å². The maximum Gasteiger partial charge on any atom is 0.419 e. The Balaban J connectivity index is 1.73. The number of rotatable bonds is 3. The zero-order valence-electron chi connectivity index (χ0n) is 16.3. The van der Waals surface area contributed by atoms with E-state index in [1.165, 1.54) is 12.1 Å². The van der Waals surface area contributed by atoms with Crippen LogP contribution in [0, 0.1) is 11.3 Å². The molecule has 1 saturated heterocycles. The van der Waals surface area contributed by atoms with E-state index >= 15 is 0 Å². The van der Waals surface area contributed by atoms with Crippen LogP contribution in [0.15, 0.2) is 30.5 Å². The number of benzene rings is 1. The van der Waals surface area contributed by atoms with Gasteiger partial charge in [-0.2, -0.15) is 18.4 Å². The van der Waals surface area contributed by atoms with Gasteiger partial charge < -0.3 is 4.90 Å². The van der Waals surface area contributed by atoms with Gasteiger partial charge >= 0.3 is 6.18 Å². The molecular weight excluding hydrogens is 467 g/mol. The highest BCUT2D eigenvalue weighted by molar-refractivity contribution is 7.92. The lowest BCUT2D eigenvalue weighted by molar-refractivity contribution is -0.138. The molecule has 0 spiro atoms. The van der Waals surface area contributed by atoms with Crippen molar-refractivity contribution < 1.29 is 26.4 Å². The number of carbonyl (C=O) groups excluding carboxylic acids is 1. The lowest BCUT2D eigenvalue weighted by atomic mass is 9.96. The second-order valence-corrected chi connectivity index (χ2v) is 9.41. The summed E-state index contributed by atoms with van der Waals surface area (Å²) < 4.78 is 65.4. The average molecular weight is 481 g/mol. The minimum atomic E-state index is -4.83. The van der Waals surface area contributed by atoms with E-state index in [0.29, 0.717) is 30.3 Å². The van der Waals surface area contributed by atoms with Gasteiger partial charge in [-0.15, -0.1) is 0 Å². The quantitative estimate of drug-likeness (QED) is 0.672. The van der Waals surface area contributed by atoms with Crippen LogP contribution in [0.3, 0.4) is 0 Å². The Kier molecular flexibility index (Phi) is 5.09. The van der Waals surface area contributed by atoms with E-state index in [2.05, 4.69) is 9.71 Å². The van der Waals surface area contributed by atoms with E-state index in [4.69, 9.17) is 17.5 Å². The molecule has 1 amide bonds. The average Bonchev–Trinajstić information content (AvgIpc) is 2.96. The lowest BCUT2D eigenvalue weighted by Crippen LogP contribution is -2.39. The summed E-state index contributed by atoms with van der Waals surface area (Å²) in [6.07, 6.45) is -2.02. The summed E-state index contributed by atoms with van der Waals surface area (Å²) in [6, 6.07) is 6.13. The molecule has 1 fully saturated rings. The maximum atomic E-state index is 13.4. The van der Waals surface area contributed by atoms with Gasteiger partial charge in [0.1, 0.15) is 12.1 Å². The fourth-order valence-corrected chi connectivity index (χ4v) is 4.80. The third-order valence-corrected chi connectivity index (χ3v) is 6.07. The first-order chi connectivity index (χ1) is 14.9. The summed E-state index contributed by atoms with van der Waals surface area (Å²) in [5, 5.41) is 8.92. The number of hydrogen-bond acceptors (Lipinski definition) is 6. The van der Waals surface area contributed by atoms with Crippen molar-refractivity contribution in [3.63, 3.8) is 0 Å². The predicted octanol–water partition coefficient (Wildman–Crippen LogP) is 2.80. The molecule has 2 aliphatic heterocycles. The van der Waals surface area contributed by atoms with Crippen LogP contribution in [0.2, 0.25) is 0 Å². The normalized spacial score (nSPS) is 18.3. The van der Waals surface area contributed by atoms with E-state index in [-0.39, 0.29) is 10.8 Å². The number of halogens is 3. The van der Waals surface area contributed by atoms with Gasteiger partial charge in [0.2, 0.25) is 10.0 Å². The molecule has 1 atom stereocenters. The Hall–Kier alpha value is -3.24. The van der Waals surface area contributed by atoms with Crippen molar-refractivity contribution in [3.8, 4) is 6.07 Å². The topological polar surface area (TPSA) is 106 Å². The number of carbonyl (C=O) groups is 1. The molecule has 0 bridgehead atoms. The van der Waals surface area contributed by atoms with E-state index in [1.807, 2.05) is 0 Å². The number of nitrogens with zero attached hydrogens (tertiary/aromatic N) is 4. The van der Waals surface area contributed by atoms with Gasteiger partial charge in [-0.25, -0.2) is 13.4 Å². The van der Waals surface area contributed by atoms with E-state index in [0.717, 1.165) is 22.9 Å². The summed E-state index contributed by atoms with van der Waals surface area (Å²) >= 11 is 5.44. The summed E-state index contributed by atoms with van der Waals surface area (Å²) in [4.78, 5) is 19.2. The number of pyridine rings is 1. The second kappa shape index (κ2) is 7.42. The number of alkyl halides is 3. The van der Waals surface area contributed by atoms with Crippen molar-refractivity contribution in [2.45, 2.75) is 25.1 Å². The lowest BCUT2D eigenvalue weighted by Gasteiger charge is -2.31. The second-order valence-electron chi connectivity index (χ2n) is 7.30. The van der Waals surface area contributed by atoms with Crippen LogP contribution in [0.1, 0.15) is 23.2 Å². The number of amides is 1. The fraction of sp³-hybridized carbons (Fsp3) is 0.263. The van der Waals surface area contributed by atoms with Gasteiger partial charge in [-0.3, -0.25) is 14.4 Å². The number of aromatic nitrogens is 1. The molecule has 1 aromatic carbocycles. The van der Waals surface area contributed by atoms with E-state index < -0.39 is 39.4 Å². The van der Waals surface area contributed by atoms with Gasteiger partial charge in [0.15, 0.2) is 10.8 Å². The van der Waals surface area contributed by atoms with Crippen LogP contribution in [0.5, 0.6) is 0 Å². The number of nitriles is 1. The Morgan fingerprint density at radius 2 is 2.03 bits per heavy atom. The Labute approximate surface area is 186 Å². The Morgan fingerprint density at radius 1 is 1.31 bits per heavy atom. The molecule has 1 aromatic heterocycles. The Morgan fingerprint density at radius 3 is 2.66 bits per heavy atom. The van der Waals surface area contributed by atoms with Crippen LogP contribution < -0.4 is 14.5 Å². The molecule has 32 heavy (non-hydrogen) atoms. The number of fused-ring (bicyclic) bond motifs is 3. The van der Waals surface area contributed by atoms with Crippen LogP contribution in [0.4, 0.5) is 30.2 Å². The molecule has 13 heteroatoms. The molecule has 3 heterocycles. The van der Waals surface area contributed by atoms with Crippen molar-refractivity contribution in [2.75, 3.05) is 20.8 Å². The maximum absolute atomic E-state index is 13.4. The number of nitrogens with one attached hydrogen (secondary N) is 1. The SMILES string of the molecule is CS(=O)(=O)Nc1ccc2c(c1)CCC1C(=O)N(c3cnc(C#N)c(C(F)(F)F)c3)C(=S)N21. The van der Waals surface area contributed by atoms with Gasteiger partial charge in [-0.1, -0.05) is 0 Å². The Bertz CT molecular complexity index is 1300. The third-order valence-electron chi connectivity index (χ3n) is 5.09. The monoisotopic (exact) mass is 481 g/mol. The molecule has 4 rings (SSSR count). The molecule has 2 aromatic rings. The number of thiocarbonyl (C=S) groups is 1. The van der Waals surface area contributed by atoms with Crippen molar-refractivity contribution >= 4 is 50.3 Å².